The maximum Gasteiger partial charge on any atom is 0.171 e. The third-order valence-electron chi connectivity index (χ3n) is 12.0. The summed E-state index contributed by atoms with van der Waals surface area (Å²) in [5.74, 6) is 0. The second-order valence-corrected chi connectivity index (χ2v) is 18.9. The topological polar surface area (TPSA) is 68.9 Å². The van der Waals surface area contributed by atoms with Gasteiger partial charge in [0.1, 0.15) is 11.2 Å². The van der Waals surface area contributed by atoms with Crippen molar-refractivity contribution in [3.05, 3.63) is 217 Å². The molecule has 10 aromatic rings. The molecule has 0 aliphatic carbocycles. The van der Waals surface area contributed by atoms with Crippen molar-refractivity contribution in [1.29, 1.82) is 0 Å². The van der Waals surface area contributed by atoms with Crippen LogP contribution in [0.5, 0.6) is 0 Å². The molecule has 2 aliphatic rings. The van der Waals surface area contributed by atoms with Crippen LogP contribution in [-0.4, -0.2) is 15.0 Å². The number of hydrogen-bond donors (Lipinski definition) is 0. The monoisotopic (exact) mass is 793 g/mol. The van der Waals surface area contributed by atoms with Crippen molar-refractivity contribution in [2.24, 2.45) is 0 Å². The van der Waals surface area contributed by atoms with Crippen LogP contribution in [-0.2, 0) is 9.98 Å². The largest absolute Gasteiger partial charge is 0.456 e. The van der Waals surface area contributed by atoms with Crippen LogP contribution >= 0.6 is 18.9 Å². The average molecular weight is 794 g/mol. The lowest BCUT2D eigenvalue weighted by Crippen LogP contribution is -2.48. The highest BCUT2D eigenvalue weighted by molar-refractivity contribution is 7.99. The molecule has 0 N–H and O–H groups in total. The van der Waals surface area contributed by atoms with Crippen LogP contribution in [0.15, 0.2) is 209 Å². The SMILES string of the molecule is O=P1(c2ccccc2)c2ccccc2C2(c3ccccc3Sc3cc(-c4cc(-c5cccnc5)nc(-c5cccnc5)c4)ccc32)c2cc3c(cc21)oc1ccccc13. The van der Waals surface area contributed by atoms with Crippen LogP contribution in [0.1, 0.15) is 22.3 Å². The summed E-state index contributed by atoms with van der Waals surface area (Å²) in [6.07, 6.45) is 7.28. The number of fused-ring (bicyclic) bond motifs is 11. The summed E-state index contributed by atoms with van der Waals surface area (Å²) in [5, 5.41) is 4.51. The Morgan fingerprint density at radius 1 is 0.475 bits per heavy atom. The number of rotatable bonds is 4. The van der Waals surface area contributed by atoms with E-state index < -0.39 is 12.6 Å². The minimum absolute atomic E-state index is 0.733. The molecule has 2 aliphatic heterocycles. The van der Waals surface area contributed by atoms with E-state index in [-0.39, 0.29) is 0 Å². The van der Waals surface area contributed by atoms with Gasteiger partial charge in [0.2, 0.25) is 0 Å². The molecule has 5 nitrogen and oxygen atoms in total. The van der Waals surface area contributed by atoms with Crippen molar-refractivity contribution in [2.45, 2.75) is 15.2 Å². The Morgan fingerprint density at radius 2 is 1.15 bits per heavy atom. The summed E-state index contributed by atoms with van der Waals surface area (Å²) in [4.78, 5) is 16.2. The molecule has 4 aromatic heterocycles. The maximum atomic E-state index is 16.5. The first-order chi connectivity index (χ1) is 29.1. The zero-order chi connectivity index (χ0) is 39.1. The predicted molar refractivity (Wildman–Crippen MR) is 239 cm³/mol. The van der Waals surface area contributed by atoms with Gasteiger partial charge < -0.3 is 8.98 Å². The van der Waals surface area contributed by atoms with Gasteiger partial charge in [-0.05, 0) is 100 Å². The van der Waals surface area contributed by atoms with E-state index in [0.717, 1.165) is 98.0 Å². The van der Waals surface area contributed by atoms with Gasteiger partial charge in [0.05, 0.1) is 16.8 Å². The Balaban J connectivity index is 1.17. The lowest BCUT2D eigenvalue weighted by atomic mass is 9.64. The second kappa shape index (κ2) is 13.1. The molecule has 0 saturated carbocycles. The minimum atomic E-state index is -3.42. The molecule has 0 saturated heterocycles. The summed E-state index contributed by atoms with van der Waals surface area (Å²) < 4.78 is 23.0. The molecule has 6 aromatic carbocycles. The van der Waals surface area contributed by atoms with Crippen LogP contribution in [0.4, 0.5) is 0 Å². The van der Waals surface area contributed by atoms with E-state index in [2.05, 4.69) is 107 Å². The van der Waals surface area contributed by atoms with E-state index in [1.54, 1.807) is 24.2 Å². The molecule has 59 heavy (non-hydrogen) atoms. The molecule has 0 amide bonds. The zero-order valence-electron chi connectivity index (χ0n) is 31.5. The summed E-state index contributed by atoms with van der Waals surface area (Å²) in [7, 11) is -3.42. The molecule has 0 bridgehead atoms. The van der Waals surface area contributed by atoms with Crippen molar-refractivity contribution in [3.63, 3.8) is 0 Å². The number of aromatic nitrogens is 3. The van der Waals surface area contributed by atoms with Gasteiger partial charge in [0.15, 0.2) is 7.14 Å². The Bertz CT molecular complexity index is 3290. The van der Waals surface area contributed by atoms with E-state index in [4.69, 9.17) is 9.40 Å². The Hall–Kier alpha value is -6.85. The number of benzene rings is 6. The zero-order valence-corrected chi connectivity index (χ0v) is 33.2. The highest BCUT2D eigenvalue weighted by Crippen LogP contribution is 2.62. The summed E-state index contributed by atoms with van der Waals surface area (Å²) in [5.41, 5.74) is 10.8. The lowest BCUT2D eigenvalue weighted by molar-refractivity contribution is 0.589. The number of para-hydroxylation sites is 1. The molecule has 12 rings (SSSR count). The van der Waals surface area contributed by atoms with Gasteiger partial charge in [-0.1, -0.05) is 115 Å². The van der Waals surface area contributed by atoms with Gasteiger partial charge in [0.25, 0.3) is 0 Å². The average Bonchev–Trinajstić information content (AvgIpc) is 3.68. The standard InChI is InChI=1S/C52H32N3O2PS/c56-58(37-14-2-1-3-15-37)48-20-8-5-17-40(48)52(43-29-39-38-16-4-7-19-46(38)57-47(39)30-49(43)58)41-18-6-9-21-50(41)59-51-28-33(22-23-42(51)52)36-26-44(34-12-10-24-53-31-34)55-45(27-36)35-13-11-25-54-32-35/h1-32H. The van der Waals surface area contributed by atoms with Crippen molar-refractivity contribution < 1.29 is 8.98 Å². The minimum Gasteiger partial charge on any atom is -0.456 e. The maximum absolute atomic E-state index is 16.5. The number of nitrogens with zero attached hydrogens (tertiary/aromatic N) is 3. The van der Waals surface area contributed by atoms with Crippen LogP contribution in [0.2, 0.25) is 0 Å². The smallest absolute Gasteiger partial charge is 0.171 e. The van der Waals surface area contributed by atoms with Crippen molar-refractivity contribution in [2.75, 3.05) is 0 Å². The highest BCUT2D eigenvalue weighted by Gasteiger charge is 2.54. The molecule has 0 radical (unpaired) electrons. The number of pyridine rings is 3. The molecular formula is C52H32N3O2PS. The molecule has 2 atom stereocenters. The Morgan fingerprint density at radius 3 is 1.92 bits per heavy atom. The van der Waals surface area contributed by atoms with Gasteiger partial charge in [0, 0.05) is 72.4 Å². The Labute approximate surface area is 344 Å². The fourth-order valence-corrected chi connectivity index (χ4v) is 13.8. The van der Waals surface area contributed by atoms with E-state index in [0.29, 0.717) is 0 Å². The van der Waals surface area contributed by atoms with E-state index in [9.17, 15) is 0 Å². The van der Waals surface area contributed by atoms with Crippen LogP contribution < -0.4 is 15.9 Å². The van der Waals surface area contributed by atoms with Crippen molar-refractivity contribution >= 4 is 56.8 Å². The van der Waals surface area contributed by atoms with Gasteiger partial charge >= 0.3 is 0 Å². The molecular weight excluding hydrogens is 762 g/mol. The molecule has 2 unspecified atom stereocenters. The van der Waals surface area contributed by atoms with Crippen LogP contribution in [0.25, 0.3) is 55.6 Å². The Kier molecular flexibility index (Phi) is 7.59. The van der Waals surface area contributed by atoms with Gasteiger partial charge in [-0.15, -0.1) is 0 Å². The lowest BCUT2D eigenvalue weighted by Gasteiger charge is -2.47. The first-order valence-electron chi connectivity index (χ1n) is 19.6. The molecule has 1 spiro atoms. The van der Waals surface area contributed by atoms with E-state index in [1.165, 1.54) is 5.56 Å². The molecule has 7 heteroatoms. The fourth-order valence-electron chi connectivity index (χ4n) is 9.40. The van der Waals surface area contributed by atoms with E-state index in [1.807, 2.05) is 85.2 Å². The first-order valence-corrected chi connectivity index (χ1v) is 22.1. The number of hydrogen-bond acceptors (Lipinski definition) is 6. The van der Waals surface area contributed by atoms with E-state index >= 15 is 4.57 Å². The third-order valence-corrected chi connectivity index (χ3v) is 16.3. The second-order valence-electron chi connectivity index (χ2n) is 15.1. The number of furan rings is 1. The van der Waals surface area contributed by atoms with Gasteiger partial charge in [-0.2, -0.15) is 0 Å². The third kappa shape index (κ3) is 5.00. The van der Waals surface area contributed by atoms with Crippen LogP contribution in [0.3, 0.4) is 0 Å². The summed E-state index contributed by atoms with van der Waals surface area (Å²) >= 11 is 1.79. The summed E-state index contributed by atoms with van der Waals surface area (Å²) in [6.45, 7) is 0. The van der Waals surface area contributed by atoms with Gasteiger partial charge in [-0.25, -0.2) is 4.98 Å². The quantitative estimate of drug-likeness (QED) is 0.165. The van der Waals surface area contributed by atoms with Crippen molar-refractivity contribution in [1.82, 2.24) is 15.0 Å². The first kappa shape index (κ1) is 34.2. The predicted octanol–water partition coefficient (Wildman–Crippen LogP) is 11.6. The molecule has 6 heterocycles. The highest BCUT2D eigenvalue weighted by atomic mass is 32.2. The fraction of sp³-hybridized carbons (Fsp3) is 0.0192. The van der Waals surface area contributed by atoms with Crippen LogP contribution in [0, 0.1) is 0 Å². The molecule has 278 valence electrons. The van der Waals surface area contributed by atoms with Gasteiger partial charge in [-0.3, -0.25) is 9.97 Å². The summed E-state index contributed by atoms with van der Waals surface area (Å²) in [6, 6.07) is 58.9. The normalized spacial score (nSPS) is 17.6. The molecule has 0 fully saturated rings. The van der Waals surface area contributed by atoms with Crippen molar-refractivity contribution in [3.8, 4) is 33.6 Å².